The molecule has 17 heavy (non-hydrogen) atoms. The molecule has 1 aliphatic heterocycles. The van der Waals surface area contributed by atoms with Crippen LogP contribution in [0, 0.1) is 0 Å². The summed E-state index contributed by atoms with van der Waals surface area (Å²) in [7, 11) is 1.44. The Bertz CT molecular complexity index is 427. The maximum absolute atomic E-state index is 11.8. The van der Waals surface area contributed by atoms with Crippen LogP contribution in [0.2, 0.25) is 0 Å². The van der Waals surface area contributed by atoms with Crippen molar-refractivity contribution in [3.8, 4) is 0 Å². The first-order valence-electron chi connectivity index (χ1n) is 5.91. The second-order valence-electron chi connectivity index (χ2n) is 5.41. The lowest BCUT2D eigenvalue weighted by molar-refractivity contribution is 0.0607. The molecule has 3 nitrogen and oxygen atoms in total. The van der Waals surface area contributed by atoms with Crippen molar-refractivity contribution in [1.82, 2.24) is 0 Å². The number of nitrogens with zero attached hydrogens (tertiary/aromatic N) is 1. The Morgan fingerprint density at radius 1 is 1.41 bits per heavy atom. The van der Waals surface area contributed by atoms with Gasteiger partial charge in [-0.1, -0.05) is 20.8 Å². The number of carbonyl (C=O) groups excluding carboxylic acids is 1. The zero-order chi connectivity index (χ0) is 12.6. The monoisotopic (exact) mass is 253 g/mol. The van der Waals surface area contributed by atoms with Crippen molar-refractivity contribution in [2.45, 2.75) is 32.6 Å². The minimum absolute atomic E-state index is 0.0799. The van der Waals surface area contributed by atoms with E-state index in [0.29, 0.717) is 0 Å². The molecule has 0 aromatic carbocycles. The number of hydrogen-bond acceptors (Lipinski definition) is 4. The van der Waals surface area contributed by atoms with Crippen LogP contribution in [0.15, 0.2) is 6.07 Å². The van der Waals surface area contributed by atoms with Crippen LogP contribution in [0.1, 0.15) is 41.7 Å². The van der Waals surface area contributed by atoms with Crippen LogP contribution in [-0.4, -0.2) is 26.2 Å². The number of ether oxygens (including phenoxy) is 1. The fourth-order valence-electron chi connectivity index (χ4n) is 1.78. The molecule has 0 unspecified atom stereocenters. The van der Waals surface area contributed by atoms with Crippen LogP contribution in [0.4, 0.5) is 5.69 Å². The molecular formula is C13H19NO2S. The molecule has 1 aromatic rings. The van der Waals surface area contributed by atoms with E-state index in [0.717, 1.165) is 23.7 Å². The van der Waals surface area contributed by atoms with Crippen molar-refractivity contribution >= 4 is 23.0 Å². The van der Waals surface area contributed by atoms with Crippen LogP contribution in [0.5, 0.6) is 0 Å². The number of thiophene rings is 1. The number of esters is 1. The van der Waals surface area contributed by atoms with Crippen LogP contribution in [0.3, 0.4) is 0 Å². The molecule has 0 saturated carbocycles. The van der Waals surface area contributed by atoms with E-state index in [-0.39, 0.29) is 11.4 Å². The summed E-state index contributed by atoms with van der Waals surface area (Å²) in [6.07, 6.45) is 1.21. The molecule has 2 heterocycles. The molecule has 2 rings (SSSR count). The molecular weight excluding hydrogens is 234 g/mol. The Balaban J connectivity index is 2.40. The van der Waals surface area contributed by atoms with Gasteiger partial charge in [0, 0.05) is 18.0 Å². The largest absolute Gasteiger partial charge is 0.465 e. The third-order valence-electron chi connectivity index (χ3n) is 3.02. The maximum atomic E-state index is 11.8. The van der Waals surface area contributed by atoms with Gasteiger partial charge in [-0.15, -0.1) is 11.3 Å². The molecule has 4 heteroatoms. The molecule has 0 spiro atoms. The molecule has 0 bridgehead atoms. The second-order valence-corrected chi connectivity index (χ2v) is 6.46. The van der Waals surface area contributed by atoms with Gasteiger partial charge in [-0.2, -0.15) is 0 Å². The summed E-state index contributed by atoms with van der Waals surface area (Å²) in [5, 5.41) is 0. The number of methoxy groups -OCH3 is 1. The van der Waals surface area contributed by atoms with Gasteiger partial charge < -0.3 is 9.64 Å². The molecule has 1 fully saturated rings. The van der Waals surface area contributed by atoms with Gasteiger partial charge in [0.05, 0.1) is 12.8 Å². The van der Waals surface area contributed by atoms with Crippen LogP contribution >= 0.6 is 11.3 Å². The molecule has 0 atom stereocenters. The van der Waals surface area contributed by atoms with E-state index in [4.69, 9.17) is 4.74 Å². The van der Waals surface area contributed by atoms with Gasteiger partial charge in [0.2, 0.25) is 0 Å². The minimum Gasteiger partial charge on any atom is -0.465 e. The highest BCUT2D eigenvalue weighted by atomic mass is 32.1. The van der Waals surface area contributed by atoms with Crippen molar-refractivity contribution in [1.29, 1.82) is 0 Å². The van der Waals surface area contributed by atoms with E-state index in [1.54, 1.807) is 11.3 Å². The Hall–Kier alpha value is -1.03. The van der Waals surface area contributed by atoms with Gasteiger partial charge in [-0.25, -0.2) is 4.79 Å². The molecule has 0 aliphatic carbocycles. The van der Waals surface area contributed by atoms with Crippen molar-refractivity contribution in [3.05, 3.63) is 15.8 Å². The predicted octanol–water partition coefficient (Wildman–Crippen LogP) is 3.04. The van der Waals surface area contributed by atoms with E-state index in [1.807, 2.05) is 0 Å². The molecule has 0 radical (unpaired) electrons. The second kappa shape index (κ2) is 4.33. The van der Waals surface area contributed by atoms with Gasteiger partial charge in [0.15, 0.2) is 0 Å². The smallest absolute Gasteiger partial charge is 0.350 e. The summed E-state index contributed by atoms with van der Waals surface area (Å²) in [5.74, 6) is -0.215. The SMILES string of the molecule is COC(=O)c1sc(C(C)(C)C)cc1N1CCC1. The quantitative estimate of drug-likeness (QED) is 0.759. The third-order valence-corrected chi connectivity index (χ3v) is 4.55. The summed E-state index contributed by atoms with van der Waals surface area (Å²) in [6.45, 7) is 8.59. The summed E-state index contributed by atoms with van der Waals surface area (Å²) < 4.78 is 4.87. The topological polar surface area (TPSA) is 29.5 Å². The Morgan fingerprint density at radius 3 is 2.47 bits per heavy atom. The summed E-state index contributed by atoms with van der Waals surface area (Å²) in [6, 6.07) is 2.15. The Labute approximate surface area is 106 Å². The maximum Gasteiger partial charge on any atom is 0.350 e. The molecule has 1 aromatic heterocycles. The van der Waals surface area contributed by atoms with Gasteiger partial charge in [-0.3, -0.25) is 0 Å². The fourth-order valence-corrected chi connectivity index (χ4v) is 2.94. The lowest BCUT2D eigenvalue weighted by atomic mass is 9.94. The van der Waals surface area contributed by atoms with Gasteiger partial charge in [0.25, 0.3) is 0 Å². The Kier molecular flexibility index (Phi) is 3.17. The zero-order valence-corrected chi connectivity index (χ0v) is 11.7. The highest BCUT2D eigenvalue weighted by Gasteiger charge is 2.28. The first kappa shape index (κ1) is 12.4. The first-order chi connectivity index (χ1) is 7.93. The predicted molar refractivity (Wildman–Crippen MR) is 71.2 cm³/mol. The Morgan fingerprint density at radius 2 is 2.06 bits per heavy atom. The summed E-state index contributed by atoms with van der Waals surface area (Å²) >= 11 is 1.56. The highest BCUT2D eigenvalue weighted by molar-refractivity contribution is 7.14. The lowest BCUT2D eigenvalue weighted by Gasteiger charge is -2.33. The molecule has 1 saturated heterocycles. The molecule has 94 valence electrons. The number of carbonyl (C=O) groups is 1. The van der Waals surface area contributed by atoms with Gasteiger partial charge >= 0.3 is 5.97 Å². The van der Waals surface area contributed by atoms with E-state index in [2.05, 4.69) is 31.7 Å². The summed E-state index contributed by atoms with van der Waals surface area (Å²) in [4.78, 5) is 16.0. The van der Waals surface area contributed by atoms with Crippen LogP contribution < -0.4 is 4.90 Å². The van der Waals surface area contributed by atoms with Gasteiger partial charge in [0.1, 0.15) is 4.88 Å². The lowest BCUT2D eigenvalue weighted by Crippen LogP contribution is -2.37. The van der Waals surface area contributed by atoms with Crippen molar-refractivity contribution < 1.29 is 9.53 Å². The molecule has 1 aliphatic rings. The number of hydrogen-bond donors (Lipinski definition) is 0. The normalized spacial score (nSPS) is 15.6. The molecule has 0 amide bonds. The van der Waals surface area contributed by atoms with E-state index in [1.165, 1.54) is 18.4 Å². The van der Waals surface area contributed by atoms with Crippen LogP contribution in [-0.2, 0) is 10.2 Å². The summed E-state index contributed by atoms with van der Waals surface area (Å²) in [5.41, 5.74) is 1.13. The average molecular weight is 253 g/mol. The van der Waals surface area contributed by atoms with E-state index >= 15 is 0 Å². The first-order valence-corrected chi connectivity index (χ1v) is 6.72. The van der Waals surface area contributed by atoms with Crippen LogP contribution in [0.25, 0.3) is 0 Å². The molecule has 0 N–H and O–H groups in total. The van der Waals surface area contributed by atoms with Gasteiger partial charge in [-0.05, 0) is 17.9 Å². The van der Waals surface area contributed by atoms with Crippen molar-refractivity contribution in [2.24, 2.45) is 0 Å². The minimum atomic E-state index is -0.215. The van der Waals surface area contributed by atoms with E-state index in [9.17, 15) is 4.79 Å². The fraction of sp³-hybridized carbons (Fsp3) is 0.615. The third kappa shape index (κ3) is 2.32. The van der Waals surface area contributed by atoms with E-state index < -0.39 is 0 Å². The highest BCUT2D eigenvalue weighted by Crippen LogP contribution is 2.38. The van der Waals surface area contributed by atoms with Crippen molar-refractivity contribution in [3.63, 3.8) is 0 Å². The zero-order valence-electron chi connectivity index (χ0n) is 10.9. The standard InChI is InChI=1S/C13H19NO2S/c1-13(2,3)10-8-9(14-6-5-7-14)11(17-10)12(15)16-4/h8H,5-7H2,1-4H3. The number of rotatable bonds is 2. The van der Waals surface area contributed by atoms with Crippen molar-refractivity contribution in [2.75, 3.05) is 25.1 Å². The number of anilines is 1. The average Bonchev–Trinajstić information content (AvgIpc) is 2.58.